The van der Waals surface area contributed by atoms with E-state index in [9.17, 15) is 31.1 Å². The summed E-state index contributed by atoms with van der Waals surface area (Å²) in [5.74, 6) is -1.10. The zero-order chi connectivity index (χ0) is 18.1. The zero-order valence-electron chi connectivity index (χ0n) is 12.0. The molecule has 0 atom stereocenters. The number of halogens is 6. The summed E-state index contributed by atoms with van der Waals surface area (Å²) >= 11 is 0. The molecule has 1 N–H and O–H groups in total. The molecule has 0 saturated heterocycles. The van der Waals surface area contributed by atoms with Gasteiger partial charge in [-0.2, -0.15) is 31.4 Å². The summed E-state index contributed by atoms with van der Waals surface area (Å²) in [7, 11) is 1.03. The molecule has 0 saturated carbocycles. The van der Waals surface area contributed by atoms with Gasteiger partial charge in [-0.15, -0.1) is 0 Å². The van der Waals surface area contributed by atoms with Crippen molar-refractivity contribution in [2.24, 2.45) is 7.05 Å². The summed E-state index contributed by atoms with van der Waals surface area (Å²) in [6, 6.07) is 1.91. The first-order valence-electron chi connectivity index (χ1n) is 6.39. The van der Waals surface area contributed by atoms with Crippen LogP contribution in [0.3, 0.4) is 0 Å². The largest absolute Gasteiger partial charge is 0.433 e. The Balaban J connectivity index is 2.15. The van der Waals surface area contributed by atoms with E-state index < -0.39 is 41.8 Å². The Bertz CT molecular complexity index is 750. The van der Waals surface area contributed by atoms with Gasteiger partial charge in [0.1, 0.15) is 5.69 Å². The maximum atomic E-state index is 12.9. The van der Waals surface area contributed by atoms with Gasteiger partial charge in [0.2, 0.25) is 0 Å². The van der Waals surface area contributed by atoms with Gasteiger partial charge in [0, 0.05) is 19.8 Å². The summed E-state index contributed by atoms with van der Waals surface area (Å²) in [5.41, 5.74) is -3.07. The summed E-state index contributed by atoms with van der Waals surface area (Å²) < 4.78 is 76.7. The number of hydrogen-bond donors (Lipinski definition) is 1. The fraction of sp³-hybridized carbons (Fsp3) is 0.308. The van der Waals surface area contributed by atoms with Crippen molar-refractivity contribution in [2.45, 2.75) is 18.9 Å². The number of amides is 1. The van der Waals surface area contributed by atoms with Crippen LogP contribution in [0.15, 0.2) is 24.5 Å². The van der Waals surface area contributed by atoms with Crippen molar-refractivity contribution < 1.29 is 31.1 Å². The van der Waals surface area contributed by atoms with Crippen LogP contribution in [0, 0.1) is 0 Å². The number of nitrogens with zero attached hydrogens (tertiary/aromatic N) is 3. The van der Waals surface area contributed by atoms with E-state index in [0.717, 1.165) is 19.4 Å². The first-order valence-corrected chi connectivity index (χ1v) is 6.39. The van der Waals surface area contributed by atoms with Crippen molar-refractivity contribution in [3.05, 3.63) is 47.0 Å². The van der Waals surface area contributed by atoms with Crippen molar-refractivity contribution in [1.82, 2.24) is 20.1 Å². The number of hydrogen-bond acceptors (Lipinski definition) is 3. The van der Waals surface area contributed by atoms with Crippen molar-refractivity contribution in [1.29, 1.82) is 0 Å². The molecule has 1 amide bonds. The van der Waals surface area contributed by atoms with E-state index in [-0.39, 0.29) is 5.56 Å². The molecule has 0 bridgehead atoms. The van der Waals surface area contributed by atoms with Crippen LogP contribution < -0.4 is 5.32 Å². The smallest absolute Gasteiger partial charge is 0.348 e. The lowest BCUT2D eigenvalue weighted by Gasteiger charge is -2.11. The summed E-state index contributed by atoms with van der Waals surface area (Å²) in [5, 5.41) is 5.51. The monoisotopic (exact) mass is 352 g/mol. The Morgan fingerprint density at radius 3 is 2.46 bits per heavy atom. The minimum Gasteiger partial charge on any atom is -0.348 e. The highest BCUT2D eigenvalue weighted by Crippen LogP contribution is 2.31. The van der Waals surface area contributed by atoms with E-state index >= 15 is 0 Å². The van der Waals surface area contributed by atoms with Gasteiger partial charge in [0.25, 0.3) is 5.91 Å². The van der Waals surface area contributed by atoms with Crippen LogP contribution >= 0.6 is 0 Å². The molecule has 0 unspecified atom stereocenters. The number of aryl methyl sites for hydroxylation is 1. The number of nitrogens with one attached hydrogen (secondary N) is 1. The van der Waals surface area contributed by atoms with Crippen LogP contribution in [-0.2, 0) is 25.9 Å². The van der Waals surface area contributed by atoms with Crippen LogP contribution in [0.2, 0.25) is 0 Å². The third kappa shape index (κ3) is 3.84. The van der Waals surface area contributed by atoms with E-state index in [4.69, 9.17) is 0 Å². The van der Waals surface area contributed by atoms with Gasteiger partial charge >= 0.3 is 12.4 Å². The minimum atomic E-state index is -4.79. The Morgan fingerprint density at radius 1 is 1.21 bits per heavy atom. The number of alkyl halides is 6. The molecule has 2 aromatic heterocycles. The molecular weight excluding hydrogens is 342 g/mol. The average molecular weight is 352 g/mol. The first kappa shape index (κ1) is 17.8. The van der Waals surface area contributed by atoms with Crippen LogP contribution in [0.1, 0.15) is 27.3 Å². The fourth-order valence-corrected chi connectivity index (χ4v) is 1.96. The van der Waals surface area contributed by atoms with Crippen LogP contribution in [0.25, 0.3) is 0 Å². The Kier molecular flexibility index (Phi) is 4.54. The Hall–Kier alpha value is -2.59. The highest BCUT2D eigenvalue weighted by molar-refractivity contribution is 5.95. The molecule has 0 aromatic carbocycles. The van der Waals surface area contributed by atoms with E-state index in [1.165, 1.54) is 6.07 Å². The number of rotatable bonds is 3. The highest BCUT2D eigenvalue weighted by atomic mass is 19.4. The lowest BCUT2D eigenvalue weighted by molar-refractivity contribution is -0.144. The summed E-state index contributed by atoms with van der Waals surface area (Å²) in [4.78, 5) is 15.0. The highest BCUT2D eigenvalue weighted by Gasteiger charge is 2.39. The van der Waals surface area contributed by atoms with E-state index in [0.29, 0.717) is 10.7 Å². The maximum absolute atomic E-state index is 12.9. The molecule has 0 aliphatic rings. The zero-order valence-corrected chi connectivity index (χ0v) is 12.0. The lowest BCUT2D eigenvalue weighted by atomic mass is 10.2. The van der Waals surface area contributed by atoms with Gasteiger partial charge in [-0.25, -0.2) is 0 Å². The topological polar surface area (TPSA) is 59.8 Å². The Labute approximate surface area is 131 Å². The normalized spacial score (nSPS) is 12.3. The third-order valence-corrected chi connectivity index (χ3v) is 3.02. The van der Waals surface area contributed by atoms with Gasteiger partial charge in [0.05, 0.1) is 11.8 Å². The quantitative estimate of drug-likeness (QED) is 0.865. The molecule has 2 rings (SSSR count). The van der Waals surface area contributed by atoms with E-state index in [1.54, 1.807) is 0 Å². The van der Waals surface area contributed by atoms with Crippen molar-refractivity contribution in [2.75, 3.05) is 0 Å². The number of carbonyl (C=O) groups is 1. The number of pyridine rings is 1. The number of aromatic nitrogens is 3. The standard InChI is InChI=1S/C13H10F6N4O/c1-23-10(13(17,18)19)8(6-22-23)11(24)21-5-7-2-3-20-9(4-7)12(14,15)16/h2-4,6H,5H2,1H3,(H,21,24). The average Bonchev–Trinajstić information content (AvgIpc) is 2.86. The van der Waals surface area contributed by atoms with Crippen molar-refractivity contribution >= 4 is 5.91 Å². The predicted molar refractivity (Wildman–Crippen MR) is 68.6 cm³/mol. The van der Waals surface area contributed by atoms with Gasteiger partial charge in [-0.05, 0) is 17.7 Å². The van der Waals surface area contributed by atoms with Crippen LogP contribution in [-0.4, -0.2) is 20.7 Å². The lowest BCUT2D eigenvalue weighted by Crippen LogP contribution is -2.26. The van der Waals surface area contributed by atoms with Crippen molar-refractivity contribution in [3.8, 4) is 0 Å². The molecule has 0 aliphatic heterocycles. The van der Waals surface area contributed by atoms with Crippen molar-refractivity contribution in [3.63, 3.8) is 0 Å². The molecule has 0 spiro atoms. The van der Waals surface area contributed by atoms with Crippen LogP contribution in [0.4, 0.5) is 26.3 Å². The van der Waals surface area contributed by atoms with Gasteiger partial charge in [-0.3, -0.25) is 14.5 Å². The summed E-state index contributed by atoms with van der Waals surface area (Å²) in [6.07, 6.45) is -7.81. The molecule has 2 aromatic rings. The summed E-state index contributed by atoms with van der Waals surface area (Å²) in [6.45, 7) is -0.392. The molecule has 11 heteroatoms. The fourth-order valence-electron chi connectivity index (χ4n) is 1.96. The number of carbonyl (C=O) groups excluding carboxylic acids is 1. The van der Waals surface area contributed by atoms with Gasteiger partial charge in [0.15, 0.2) is 5.69 Å². The molecule has 0 fully saturated rings. The maximum Gasteiger partial charge on any atom is 0.433 e. The first-order chi connectivity index (χ1) is 11.0. The third-order valence-electron chi connectivity index (χ3n) is 3.02. The molecule has 130 valence electrons. The van der Waals surface area contributed by atoms with E-state index in [2.05, 4.69) is 15.4 Å². The minimum absolute atomic E-state index is 0.0446. The second kappa shape index (κ2) is 6.13. The van der Waals surface area contributed by atoms with E-state index in [1.807, 2.05) is 0 Å². The Morgan fingerprint density at radius 2 is 1.88 bits per heavy atom. The second-order valence-electron chi connectivity index (χ2n) is 4.76. The molecule has 0 aliphatic carbocycles. The predicted octanol–water partition coefficient (Wildman–Crippen LogP) is 2.78. The molecule has 5 nitrogen and oxygen atoms in total. The molecule has 24 heavy (non-hydrogen) atoms. The van der Waals surface area contributed by atoms with Crippen LogP contribution in [0.5, 0.6) is 0 Å². The molecular formula is C13H10F6N4O. The molecule has 2 heterocycles. The van der Waals surface area contributed by atoms with Gasteiger partial charge < -0.3 is 5.32 Å². The van der Waals surface area contributed by atoms with Gasteiger partial charge in [-0.1, -0.05) is 0 Å². The SMILES string of the molecule is Cn1ncc(C(=O)NCc2ccnc(C(F)(F)F)c2)c1C(F)(F)F. The molecule has 0 radical (unpaired) electrons. The second-order valence-corrected chi connectivity index (χ2v) is 4.76.